The van der Waals surface area contributed by atoms with Crippen LogP contribution in [0.1, 0.15) is 20.3 Å². The molecule has 1 aromatic carbocycles. The van der Waals surface area contributed by atoms with Gasteiger partial charge in [-0.25, -0.2) is 0 Å². The molecule has 1 aromatic rings. The van der Waals surface area contributed by atoms with Crippen LogP contribution in [0.15, 0.2) is 30.3 Å². The largest absolute Gasteiger partial charge is 0.488 e. The lowest BCUT2D eigenvalue weighted by Gasteiger charge is -2.25. The molecule has 24 heavy (non-hydrogen) atoms. The Labute approximate surface area is 143 Å². The lowest BCUT2D eigenvalue weighted by molar-refractivity contribution is -0.140. The van der Waals surface area contributed by atoms with Gasteiger partial charge in [0.2, 0.25) is 11.8 Å². The number of ether oxygens (including phenoxy) is 2. The van der Waals surface area contributed by atoms with E-state index in [4.69, 9.17) is 9.47 Å². The van der Waals surface area contributed by atoms with Gasteiger partial charge in [-0.1, -0.05) is 32.0 Å². The highest BCUT2D eigenvalue weighted by atomic mass is 16.5. The third-order valence-electron chi connectivity index (χ3n) is 3.99. The van der Waals surface area contributed by atoms with Crippen molar-refractivity contribution < 1.29 is 19.1 Å². The van der Waals surface area contributed by atoms with E-state index in [1.165, 1.54) is 0 Å². The Morgan fingerprint density at radius 3 is 2.62 bits per heavy atom. The SMILES string of the molecule is COCCNC(=O)[C@H]1C[C@H](Oc2ccccc2)CN1C(=O)C(C)C. The van der Waals surface area contributed by atoms with E-state index < -0.39 is 6.04 Å². The molecular weight excluding hydrogens is 308 g/mol. The Morgan fingerprint density at radius 2 is 2.00 bits per heavy atom. The van der Waals surface area contributed by atoms with Crippen molar-refractivity contribution in [2.24, 2.45) is 5.92 Å². The lowest BCUT2D eigenvalue weighted by Crippen LogP contribution is -2.47. The van der Waals surface area contributed by atoms with Gasteiger partial charge in [-0.2, -0.15) is 0 Å². The fourth-order valence-electron chi connectivity index (χ4n) is 2.79. The fraction of sp³-hybridized carbons (Fsp3) is 0.556. The van der Waals surface area contributed by atoms with Gasteiger partial charge < -0.3 is 19.7 Å². The van der Waals surface area contributed by atoms with Crippen LogP contribution in [-0.2, 0) is 14.3 Å². The molecule has 1 aliphatic heterocycles. The van der Waals surface area contributed by atoms with Crippen molar-refractivity contribution in [3.05, 3.63) is 30.3 Å². The molecule has 1 fully saturated rings. The van der Waals surface area contributed by atoms with Crippen LogP contribution in [0.3, 0.4) is 0 Å². The molecule has 6 nitrogen and oxygen atoms in total. The summed E-state index contributed by atoms with van der Waals surface area (Å²) >= 11 is 0. The van der Waals surface area contributed by atoms with E-state index in [0.29, 0.717) is 26.1 Å². The molecular formula is C18H26N2O4. The van der Waals surface area contributed by atoms with Crippen molar-refractivity contribution in [3.8, 4) is 5.75 Å². The number of hydrogen-bond donors (Lipinski definition) is 1. The molecule has 0 bridgehead atoms. The van der Waals surface area contributed by atoms with E-state index in [1.54, 1.807) is 12.0 Å². The lowest BCUT2D eigenvalue weighted by atomic mass is 10.1. The van der Waals surface area contributed by atoms with E-state index in [-0.39, 0.29) is 23.8 Å². The monoisotopic (exact) mass is 334 g/mol. The molecule has 1 heterocycles. The number of carbonyl (C=O) groups is 2. The molecule has 2 atom stereocenters. The van der Waals surface area contributed by atoms with Gasteiger partial charge in [0.15, 0.2) is 0 Å². The first-order valence-electron chi connectivity index (χ1n) is 8.31. The Morgan fingerprint density at radius 1 is 1.29 bits per heavy atom. The zero-order valence-corrected chi connectivity index (χ0v) is 14.5. The number of para-hydroxylation sites is 1. The van der Waals surface area contributed by atoms with Crippen molar-refractivity contribution in [2.75, 3.05) is 26.8 Å². The normalized spacial score (nSPS) is 20.2. The van der Waals surface area contributed by atoms with E-state index in [0.717, 1.165) is 5.75 Å². The minimum Gasteiger partial charge on any atom is -0.488 e. The van der Waals surface area contributed by atoms with Crippen molar-refractivity contribution in [1.29, 1.82) is 0 Å². The third kappa shape index (κ3) is 4.71. The van der Waals surface area contributed by atoms with E-state index in [9.17, 15) is 9.59 Å². The first-order chi connectivity index (χ1) is 11.5. The average molecular weight is 334 g/mol. The summed E-state index contributed by atoms with van der Waals surface area (Å²) in [5.74, 6) is 0.413. The van der Waals surface area contributed by atoms with E-state index >= 15 is 0 Å². The summed E-state index contributed by atoms with van der Waals surface area (Å²) in [6.07, 6.45) is 0.305. The zero-order chi connectivity index (χ0) is 17.5. The Balaban J connectivity index is 2.04. The predicted molar refractivity (Wildman–Crippen MR) is 90.7 cm³/mol. The quantitative estimate of drug-likeness (QED) is 0.767. The molecule has 1 saturated heterocycles. The van der Waals surface area contributed by atoms with Gasteiger partial charge in [0.25, 0.3) is 0 Å². The maximum absolute atomic E-state index is 12.5. The van der Waals surface area contributed by atoms with Crippen LogP contribution in [0.5, 0.6) is 5.75 Å². The van der Waals surface area contributed by atoms with Crippen molar-refractivity contribution in [2.45, 2.75) is 32.4 Å². The maximum Gasteiger partial charge on any atom is 0.243 e. The van der Waals surface area contributed by atoms with Gasteiger partial charge >= 0.3 is 0 Å². The number of benzene rings is 1. The standard InChI is InChI=1S/C18H26N2O4/c1-13(2)18(22)20-12-15(24-14-7-5-4-6-8-14)11-16(20)17(21)19-9-10-23-3/h4-8,13,15-16H,9-12H2,1-3H3,(H,19,21)/t15-,16+/m0/s1. The van der Waals surface area contributed by atoms with E-state index in [2.05, 4.69) is 5.32 Å². The number of nitrogens with one attached hydrogen (secondary N) is 1. The summed E-state index contributed by atoms with van der Waals surface area (Å²) in [7, 11) is 1.58. The first kappa shape index (κ1) is 18.3. The number of hydrogen-bond acceptors (Lipinski definition) is 4. The molecule has 0 aromatic heterocycles. The Bertz CT molecular complexity index is 547. The minimum atomic E-state index is -0.495. The van der Waals surface area contributed by atoms with Crippen molar-refractivity contribution in [3.63, 3.8) is 0 Å². The van der Waals surface area contributed by atoms with Gasteiger partial charge in [-0.3, -0.25) is 9.59 Å². The molecule has 0 spiro atoms. The maximum atomic E-state index is 12.5. The zero-order valence-electron chi connectivity index (χ0n) is 14.5. The van der Waals surface area contributed by atoms with Gasteiger partial charge in [-0.05, 0) is 12.1 Å². The summed E-state index contributed by atoms with van der Waals surface area (Å²) < 4.78 is 10.9. The number of likely N-dealkylation sites (tertiary alicyclic amines) is 1. The topological polar surface area (TPSA) is 67.9 Å². The van der Waals surface area contributed by atoms with Gasteiger partial charge in [0, 0.05) is 26.0 Å². The van der Waals surface area contributed by atoms with Crippen LogP contribution in [0.2, 0.25) is 0 Å². The second-order valence-electron chi connectivity index (χ2n) is 6.23. The molecule has 132 valence electrons. The first-order valence-corrected chi connectivity index (χ1v) is 8.31. The van der Waals surface area contributed by atoms with Crippen LogP contribution < -0.4 is 10.1 Å². The Kier molecular flexibility index (Phi) is 6.61. The highest BCUT2D eigenvalue weighted by molar-refractivity contribution is 5.89. The number of nitrogens with zero attached hydrogens (tertiary/aromatic N) is 1. The van der Waals surface area contributed by atoms with Gasteiger partial charge in [0.1, 0.15) is 17.9 Å². The molecule has 1 aliphatic rings. The molecule has 0 radical (unpaired) electrons. The smallest absolute Gasteiger partial charge is 0.243 e. The number of amides is 2. The molecule has 2 amide bonds. The van der Waals surface area contributed by atoms with Crippen molar-refractivity contribution >= 4 is 11.8 Å². The summed E-state index contributed by atoms with van der Waals surface area (Å²) in [6.45, 7) is 4.98. The Hall–Kier alpha value is -2.08. The highest BCUT2D eigenvalue weighted by Gasteiger charge is 2.41. The molecule has 0 aliphatic carbocycles. The van der Waals surface area contributed by atoms with Crippen LogP contribution >= 0.6 is 0 Å². The number of rotatable bonds is 7. The summed E-state index contributed by atoms with van der Waals surface area (Å²) in [4.78, 5) is 26.5. The molecule has 2 rings (SSSR count). The molecule has 1 N–H and O–H groups in total. The number of methoxy groups -OCH3 is 1. The molecule has 0 unspecified atom stereocenters. The highest BCUT2D eigenvalue weighted by Crippen LogP contribution is 2.24. The van der Waals surface area contributed by atoms with Crippen LogP contribution in [-0.4, -0.2) is 55.7 Å². The predicted octanol–water partition coefficient (Wildman–Crippen LogP) is 1.45. The molecule has 0 saturated carbocycles. The van der Waals surface area contributed by atoms with Gasteiger partial charge in [0.05, 0.1) is 13.2 Å². The third-order valence-corrected chi connectivity index (χ3v) is 3.99. The minimum absolute atomic E-state index is 0.0268. The second kappa shape index (κ2) is 8.68. The van der Waals surface area contributed by atoms with E-state index in [1.807, 2.05) is 44.2 Å². The average Bonchev–Trinajstić information content (AvgIpc) is 2.99. The molecule has 6 heteroatoms. The summed E-state index contributed by atoms with van der Waals surface area (Å²) in [5.41, 5.74) is 0. The fourth-order valence-corrected chi connectivity index (χ4v) is 2.79. The number of carbonyl (C=O) groups excluding carboxylic acids is 2. The van der Waals surface area contributed by atoms with Gasteiger partial charge in [-0.15, -0.1) is 0 Å². The van der Waals surface area contributed by atoms with Crippen LogP contribution in [0.4, 0.5) is 0 Å². The summed E-state index contributed by atoms with van der Waals surface area (Å²) in [6, 6.07) is 8.97. The van der Waals surface area contributed by atoms with Crippen molar-refractivity contribution in [1.82, 2.24) is 10.2 Å². The second-order valence-corrected chi connectivity index (χ2v) is 6.23. The van der Waals surface area contributed by atoms with Crippen LogP contribution in [0.25, 0.3) is 0 Å². The summed E-state index contributed by atoms with van der Waals surface area (Å²) in [5, 5.41) is 2.82. The van der Waals surface area contributed by atoms with Crippen LogP contribution in [0, 0.1) is 5.92 Å².